The van der Waals surface area contributed by atoms with Crippen molar-refractivity contribution in [3.8, 4) is 0 Å². The van der Waals surface area contributed by atoms with Gasteiger partial charge in [-0.2, -0.15) is 0 Å². The molecule has 108 valence electrons. The maximum Gasteiger partial charge on any atom is 0.322 e. The molecule has 0 radical (unpaired) electrons. The van der Waals surface area contributed by atoms with Crippen molar-refractivity contribution in [2.45, 2.75) is 25.2 Å². The number of carbonyl (C=O) groups excluding carboxylic acids is 1. The van der Waals surface area contributed by atoms with Crippen molar-refractivity contribution >= 4 is 17.9 Å². The number of likely N-dealkylation sites (tertiary alicyclic amines) is 1. The van der Waals surface area contributed by atoms with Gasteiger partial charge in [0.2, 0.25) is 11.8 Å². The van der Waals surface area contributed by atoms with E-state index in [9.17, 15) is 9.59 Å². The van der Waals surface area contributed by atoms with Gasteiger partial charge < -0.3 is 9.52 Å². The van der Waals surface area contributed by atoms with Gasteiger partial charge in [0.05, 0.1) is 13.0 Å². The molecule has 3 rings (SSSR count). The summed E-state index contributed by atoms with van der Waals surface area (Å²) in [5.41, 5.74) is 0. The minimum atomic E-state index is -0.794. The quantitative estimate of drug-likeness (QED) is 0.771. The fraction of sp³-hybridized carbons (Fsp3) is 0.667. The second kappa shape index (κ2) is 5.20. The van der Waals surface area contributed by atoms with Crippen LogP contribution in [-0.4, -0.2) is 51.7 Å². The number of carboxylic acid groups (broad SMARTS) is 1. The first kappa shape index (κ1) is 13.0. The molecule has 2 heterocycles. The first-order chi connectivity index (χ1) is 9.60. The van der Waals surface area contributed by atoms with Crippen molar-refractivity contribution in [3.63, 3.8) is 0 Å². The molecule has 8 heteroatoms. The van der Waals surface area contributed by atoms with Crippen LogP contribution in [-0.2, 0) is 9.59 Å². The summed E-state index contributed by atoms with van der Waals surface area (Å²) in [5.74, 6) is 0.0820. The van der Waals surface area contributed by atoms with Crippen LogP contribution in [0.2, 0.25) is 0 Å². The van der Waals surface area contributed by atoms with E-state index in [1.807, 2.05) is 4.90 Å². The van der Waals surface area contributed by atoms with Crippen molar-refractivity contribution in [2.24, 2.45) is 5.92 Å². The molecule has 1 saturated carbocycles. The van der Waals surface area contributed by atoms with Crippen molar-refractivity contribution in [3.05, 3.63) is 5.89 Å². The molecule has 1 aromatic heterocycles. The molecule has 1 aliphatic heterocycles. The highest BCUT2D eigenvalue weighted by Crippen LogP contribution is 2.39. The monoisotopic (exact) mass is 280 g/mol. The highest BCUT2D eigenvalue weighted by Gasteiger charge is 2.31. The molecule has 2 aliphatic rings. The zero-order valence-electron chi connectivity index (χ0n) is 10.9. The van der Waals surface area contributed by atoms with E-state index in [1.54, 1.807) is 0 Å². The van der Waals surface area contributed by atoms with Gasteiger partial charge >= 0.3 is 12.0 Å². The Balaban J connectivity index is 1.40. The van der Waals surface area contributed by atoms with Crippen LogP contribution in [0.5, 0.6) is 0 Å². The van der Waals surface area contributed by atoms with E-state index in [4.69, 9.17) is 9.52 Å². The van der Waals surface area contributed by atoms with Gasteiger partial charge in [-0.15, -0.1) is 5.10 Å². The first-order valence-corrected chi connectivity index (χ1v) is 6.67. The number of anilines is 1. The number of nitrogens with one attached hydrogen (secondary N) is 1. The summed E-state index contributed by atoms with van der Waals surface area (Å²) in [5, 5.41) is 18.9. The molecule has 8 nitrogen and oxygen atoms in total. The van der Waals surface area contributed by atoms with E-state index in [2.05, 4.69) is 15.5 Å². The molecule has 2 fully saturated rings. The summed E-state index contributed by atoms with van der Waals surface area (Å²) in [4.78, 5) is 24.1. The lowest BCUT2D eigenvalue weighted by molar-refractivity contribution is -0.139. The summed E-state index contributed by atoms with van der Waals surface area (Å²) in [7, 11) is 0. The molecule has 0 spiro atoms. The van der Waals surface area contributed by atoms with Crippen LogP contribution in [0.15, 0.2) is 4.42 Å². The van der Waals surface area contributed by atoms with Crippen molar-refractivity contribution < 1.29 is 19.1 Å². The Morgan fingerprint density at radius 2 is 2.10 bits per heavy atom. The molecule has 0 aromatic carbocycles. The van der Waals surface area contributed by atoms with Gasteiger partial charge in [-0.05, 0) is 18.8 Å². The van der Waals surface area contributed by atoms with Gasteiger partial charge in [-0.1, -0.05) is 5.10 Å². The molecule has 1 saturated heterocycles. The highest BCUT2D eigenvalue weighted by molar-refractivity contribution is 5.90. The van der Waals surface area contributed by atoms with Gasteiger partial charge in [0.1, 0.15) is 0 Å². The van der Waals surface area contributed by atoms with Gasteiger partial charge in [-0.25, -0.2) is 0 Å². The molecular weight excluding hydrogens is 264 g/mol. The van der Waals surface area contributed by atoms with E-state index in [-0.39, 0.29) is 30.8 Å². The Morgan fingerprint density at radius 3 is 2.75 bits per heavy atom. The number of rotatable bonds is 6. The summed E-state index contributed by atoms with van der Waals surface area (Å²) in [6.07, 6.45) is 2.29. The topological polar surface area (TPSA) is 109 Å². The molecule has 1 amide bonds. The van der Waals surface area contributed by atoms with Crippen LogP contribution in [0, 0.1) is 5.92 Å². The third-order valence-corrected chi connectivity index (χ3v) is 3.48. The summed E-state index contributed by atoms with van der Waals surface area (Å²) < 4.78 is 5.33. The number of nitrogens with zero attached hydrogens (tertiary/aromatic N) is 3. The maximum atomic E-state index is 11.7. The molecule has 1 aromatic rings. The van der Waals surface area contributed by atoms with Crippen LogP contribution in [0.4, 0.5) is 6.01 Å². The highest BCUT2D eigenvalue weighted by atomic mass is 16.4. The summed E-state index contributed by atoms with van der Waals surface area (Å²) >= 11 is 0. The van der Waals surface area contributed by atoms with E-state index in [1.165, 1.54) is 0 Å². The maximum absolute atomic E-state index is 11.7. The number of aromatic nitrogens is 2. The molecule has 2 N–H and O–H groups in total. The third-order valence-electron chi connectivity index (χ3n) is 3.48. The van der Waals surface area contributed by atoms with E-state index < -0.39 is 5.97 Å². The molecule has 0 bridgehead atoms. The van der Waals surface area contributed by atoms with Gasteiger partial charge in [0.25, 0.3) is 0 Å². The number of hydrogen-bond acceptors (Lipinski definition) is 6. The lowest BCUT2D eigenvalue weighted by Crippen LogP contribution is -2.50. The van der Waals surface area contributed by atoms with Crippen LogP contribution in [0.25, 0.3) is 0 Å². The third kappa shape index (κ3) is 3.13. The molecule has 0 atom stereocenters. The predicted octanol–water partition coefficient (Wildman–Crippen LogP) is 0.292. The molecular formula is C12H16N4O4. The lowest BCUT2D eigenvalue weighted by atomic mass is 9.96. The fourth-order valence-corrected chi connectivity index (χ4v) is 2.32. The van der Waals surface area contributed by atoms with Crippen LogP contribution < -0.4 is 5.32 Å². The number of hydrogen-bond donors (Lipinski definition) is 2. The minimum Gasteiger partial charge on any atom is -0.481 e. The van der Waals surface area contributed by atoms with Crippen molar-refractivity contribution in [1.29, 1.82) is 0 Å². The van der Waals surface area contributed by atoms with Gasteiger partial charge in [0, 0.05) is 19.0 Å². The fourth-order valence-electron chi connectivity index (χ4n) is 2.32. The summed E-state index contributed by atoms with van der Waals surface area (Å²) in [6.45, 7) is 1.49. The smallest absolute Gasteiger partial charge is 0.322 e. The Labute approximate surface area is 115 Å². The van der Waals surface area contributed by atoms with Crippen LogP contribution >= 0.6 is 0 Å². The van der Waals surface area contributed by atoms with Crippen LogP contribution in [0.1, 0.15) is 31.1 Å². The molecule has 0 unspecified atom stereocenters. The number of amides is 1. The molecule has 20 heavy (non-hydrogen) atoms. The predicted molar refractivity (Wildman–Crippen MR) is 67.1 cm³/mol. The largest absolute Gasteiger partial charge is 0.481 e. The number of carbonyl (C=O) groups is 2. The van der Waals surface area contributed by atoms with E-state index in [0.717, 1.165) is 12.8 Å². The number of aliphatic carboxylic acids is 1. The van der Waals surface area contributed by atoms with E-state index >= 15 is 0 Å². The summed E-state index contributed by atoms with van der Waals surface area (Å²) in [6, 6.07) is 0.138. The van der Waals surface area contributed by atoms with Crippen molar-refractivity contribution in [1.82, 2.24) is 15.1 Å². The average Bonchev–Trinajstić information content (AvgIpc) is 3.08. The Kier molecular flexibility index (Phi) is 3.39. The first-order valence-electron chi connectivity index (χ1n) is 6.67. The van der Waals surface area contributed by atoms with Crippen LogP contribution in [0.3, 0.4) is 0 Å². The zero-order chi connectivity index (χ0) is 14.1. The Hall–Kier alpha value is -1.96. The second-order valence-corrected chi connectivity index (χ2v) is 5.43. The zero-order valence-corrected chi connectivity index (χ0v) is 10.9. The lowest BCUT2D eigenvalue weighted by Gasteiger charge is -2.37. The number of carboxylic acids is 1. The van der Waals surface area contributed by atoms with Gasteiger partial charge in [0.15, 0.2) is 0 Å². The van der Waals surface area contributed by atoms with Crippen molar-refractivity contribution in [2.75, 3.05) is 25.0 Å². The molecule has 1 aliphatic carbocycles. The Bertz CT molecular complexity index is 519. The average molecular weight is 280 g/mol. The minimum absolute atomic E-state index is 0.138. The van der Waals surface area contributed by atoms with Gasteiger partial charge in [-0.3, -0.25) is 19.8 Å². The standard InChI is InChI=1S/C12H16N4O4/c17-9(6-16-4-7(5-16)3-10(18)19)13-12-15-14-11(20-12)8-1-2-8/h7-8H,1-6H2,(H,18,19)(H,13,15,17). The normalized spacial score (nSPS) is 19.6. The Morgan fingerprint density at radius 1 is 1.35 bits per heavy atom. The van der Waals surface area contributed by atoms with E-state index in [0.29, 0.717) is 24.9 Å². The second-order valence-electron chi connectivity index (χ2n) is 5.43. The SMILES string of the molecule is O=C(O)CC1CN(CC(=O)Nc2nnc(C3CC3)o2)C1.